The van der Waals surface area contributed by atoms with Gasteiger partial charge in [0.05, 0.1) is 0 Å². The van der Waals surface area contributed by atoms with Gasteiger partial charge < -0.3 is 5.32 Å². The molecule has 2 heteroatoms. The maximum Gasteiger partial charge on any atom is 0.223 e. The lowest BCUT2D eigenvalue weighted by molar-refractivity contribution is -0.124. The molecule has 1 aliphatic rings. The summed E-state index contributed by atoms with van der Waals surface area (Å²) in [6.45, 7) is 6.30. The van der Waals surface area contributed by atoms with E-state index in [-0.39, 0.29) is 11.8 Å². The van der Waals surface area contributed by atoms with Crippen LogP contribution in [-0.4, -0.2) is 11.9 Å². The van der Waals surface area contributed by atoms with Crippen LogP contribution in [0.2, 0.25) is 0 Å². The average Bonchev–Trinajstić information content (AvgIpc) is 1.93. The summed E-state index contributed by atoms with van der Waals surface area (Å²) in [5.74, 6) is 1.11. The van der Waals surface area contributed by atoms with Crippen molar-refractivity contribution >= 4 is 5.91 Å². The van der Waals surface area contributed by atoms with Crippen LogP contribution in [0.5, 0.6) is 0 Å². The number of amides is 1. The van der Waals surface area contributed by atoms with Crippen LogP contribution in [0.15, 0.2) is 0 Å². The van der Waals surface area contributed by atoms with Gasteiger partial charge in [0.15, 0.2) is 0 Å². The van der Waals surface area contributed by atoms with Gasteiger partial charge in [0.1, 0.15) is 0 Å². The monoisotopic (exact) mass is 155 g/mol. The van der Waals surface area contributed by atoms with Crippen molar-refractivity contribution in [1.29, 1.82) is 0 Å². The predicted octanol–water partition coefficient (Wildman–Crippen LogP) is 1.56. The number of rotatable bonds is 0. The Morgan fingerprint density at radius 2 is 1.91 bits per heavy atom. The molecule has 1 aliphatic heterocycles. The minimum absolute atomic E-state index is 0.204. The van der Waals surface area contributed by atoms with Crippen molar-refractivity contribution < 1.29 is 4.79 Å². The van der Waals surface area contributed by atoms with Gasteiger partial charge in [-0.05, 0) is 25.7 Å². The van der Waals surface area contributed by atoms with E-state index < -0.39 is 0 Å². The van der Waals surface area contributed by atoms with E-state index in [4.69, 9.17) is 0 Å². The molecule has 0 aromatic carbocycles. The van der Waals surface area contributed by atoms with Crippen LogP contribution in [0.4, 0.5) is 0 Å². The first-order chi connectivity index (χ1) is 5.09. The van der Waals surface area contributed by atoms with Gasteiger partial charge in [0, 0.05) is 12.0 Å². The zero-order valence-electron chi connectivity index (χ0n) is 7.55. The van der Waals surface area contributed by atoms with Crippen LogP contribution in [0.25, 0.3) is 0 Å². The molecule has 1 amide bonds. The molecule has 3 unspecified atom stereocenters. The summed E-state index contributed by atoms with van der Waals surface area (Å²) in [5, 5.41) is 2.98. The first-order valence-electron chi connectivity index (χ1n) is 4.40. The van der Waals surface area contributed by atoms with Crippen LogP contribution in [0.1, 0.15) is 33.6 Å². The van der Waals surface area contributed by atoms with Gasteiger partial charge in [-0.3, -0.25) is 4.79 Å². The fourth-order valence-electron chi connectivity index (χ4n) is 1.85. The minimum atomic E-state index is 0.204. The summed E-state index contributed by atoms with van der Waals surface area (Å²) >= 11 is 0. The third-order valence-corrected chi connectivity index (χ3v) is 2.35. The van der Waals surface area contributed by atoms with Gasteiger partial charge in [-0.2, -0.15) is 0 Å². The maximum atomic E-state index is 11.3. The molecule has 0 aromatic rings. The van der Waals surface area contributed by atoms with Crippen molar-refractivity contribution in [3.8, 4) is 0 Å². The third-order valence-electron chi connectivity index (χ3n) is 2.35. The fourth-order valence-corrected chi connectivity index (χ4v) is 1.85. The van der Waals surface area contributed by atoms with Crippen molar-refractivity contribution in [1.82, 2.24) is 5.32 Å². The largest absolute Gasteiger partial charge is 0.353 e. The molecular formula is C9H17NO. The molecule has 0 spiro atoms. The van der Waals surface area contributed by atoms with Gasteiger partial charge in [0.2, 0.25) is 5.91 Å². The van der Waals surface area contributed by atoms with Gasteiger partial charge in [0.25, 0.3) is 0 Å². The molecule has 0 radical (unpaired) electrons. The standard InChI is InChI=1S/C9H17NO/c1-6-4-7(2)9(11)10-8(3)5-6/h6-8H,4-5H2,1-3H3,(H,10,11). The first-order valence-corrected chi connectivity index (χ1v) is 4.40. The second kappa shape index (κ2) is 3.24. The van der Waals surface area contributed by atoms with E-state index in [1.54, 1.807) is 0 Å². The lowest BCUT2D eigenvalue weighted by Crippen LogP contribution is -2.33. The Morgan fingerprint density at radius 3 is 2.55 bits per heavy atom. The first kappa shape index (κ1) is 8.57. The van der Waals surface area contributed by atoms with E-state index >= 15 is 0 Å². The Balaban J connectivity index is 2.58. The average molecular weight is 155 g/mol. The molecule has 0 bridgehead atoms. The van der Waals surface area contributed by atoms with Gasteiger partial charge in [-0.25, -0.2) is 0 Å². The maximum absolute atomic E-state index is 11.3. The van der Waals surface area contributed by atoms with Crippen molar-refractivity contribution in [2.24, 2.45) is 11.8 Å². The number of carbonyl (C=O) groups excluding carboxylic acids is 1. The Morgan fingerprint density at radius 1 is 1.27 bits per heavy atom. The van der Waals surface area contributed by atoms with Crippen LogP contribution in [-0.2, 0) is 4.79 Å². The Bertz CT molecular complexity index is 156. The number of hydrogen-bond acceptors (Lipinski definition) is 1. The highest BCUT2D eigenvalue weighted by atomic mass is 16.1. The molecule has 1 heterocycles. The second-order valence-electron chi connectivity index (χ2n) is 3.89. The fraction of sp³-hybridized carbons (Fsp3) is 0.889. The minimum Gasteiger partial charge on any atom is -0.353 e. The molecule has 0 aliphatic carbocycles. The zero-order valence-corrected chi connectivity index (χ0v) is 7.55. The Hall–Kier alpha value is -0.530. The molecule has 1 fully saturated rings. The summed E-state index contributed by atoms with van der Waals surface area (Å²) in [6, 6.07) is 0.363. The van der Waals surface area contributed by atoms with Gasteiger partial charge in [-0.1, -0.05) is 13.8 Å². The molecule has 64 valence electrons. The Labute approximate surface area is 68.4 Å². The van der Waals surface area contributed by atoms with E-state index in [2.05, 4.69) is 19.2 Å². The quantitative estimate of drug-likeness (QED) is 0.565. The van der Waals surface area contributed by atoms with Gasteiger partial charge in [-0.15, -0.1) is 0 Å². The molecule has 1 saturated heterocycles. The van der Waals surface area contributed by atoms with Crippen LogP contribution < -0.4 is 5.32 Å². The molecule has 3 atom stereocenters. The normalized spacial score (nSPS) is 39.5. The molecule has 1 N–H and O–H groups in total. The smallest absolute Gasteiger partial charge is 0.223 e. The van der Waals surface area contributed by atoms with E-state index in [9.17, 15) is 4.79 Å². The summed E-state index contributed by atoms with van der Waals surface area (Å²) in [7, 11) is 0. The highest BCUT2D eigenvalue weighted by molar-refractivity contribution is 5.78. The summed E-state index contributed by atoms with van der Waals surface area (Å²) in [6.07, 6.45) is 2.16. The lowest BCUT2D eigenvalue weighted by Gasteiger charge is -2.11. The van der Waals surface area contributed by atoms with Crippen LogP contribution in [0, 0.1) is 11.8 Å². The predicted molar refractivity (Wildman–Crippen MR) is 45.2 cm³/mol. The second-order valence-corrected chi connectivity index (χ2v) is 3.89. The lowest BCUT2D eigenvalue weighted by atomic mass is 9.95. The Kier molecular flexibility index (Phi) is 2.53. The number of hydrogen-bond donors (Lipinski definition) is 1. The summed E-state index contributed by atoms with van der Waals surface area (Å²) < 4.78 is 0. The molecule has 0 aromatic heterocycles. The zero-order chi connectivity index (χ0) is 8.43. The van der Waals surface area contributed by atoms with Crippen molar-refractivity contribution in [2.75, 3.05) is 0 Å². The van der Waals surface area contributed by atoms with Crippen LogP contribution >= 0.6 is 0 Å². The molecule has 2 nitrogen and oxygen atoms in total. The van der Waals surface area contributed by atoms with E-state index in [0.717, 1.165) is 12.8 Å². The van der Waals surface area contributed by atoms with E-state index in [1.807, 2.05) is 6.92 Å². The van der Waals surface area contributed by atoms with Crippen molar-refractivity contribution in [3.63, 3.8) is 0 Å². The highest BCUT2D eigenvalue weighted by Gasteiger charge is 2.23. The SMILES string of the molecule is CC1CC(C)NC(=O)C(C)C1. The molecular weight excluding hydrogens is 138 g/mol. The van der Waals surface area contributed by atoms with Crippen LogP contribution in [0.3, 0.4) is 0 Å². The number of carbonyl (C=O) groups is 1. The highest BCUT2D eigenvalue weighted by Crippen LogP contribution is 2.20. The molecule has 0 saturated carbocycles. The molecule has 1 rings (SSSR count). The number of nitrogens with one attached hydrogen (secondary N) is 1. The van der Waals surface area contributed by atoms with E-state index in [1.165, 1.54) is 0 Å². The van der Waals surface area contributed by atoms with E-state index in [0.29, 0.717) is 12.0 Å². The molecule has 11 heavy (non-hydrogen) atoms. The van der Waals surface area contributed by atoms with Crippen molar-refractivity contribution in [2.45, 2.75) is 39.7 Å². The third kappa shape index (κ3) is 2.21. The van der Waals surface area contributed by atoms with Crippen molar-refractivity contribution in [3.05, 3.63) is 0 Å². The summed E-state index contributed by atoms with van der Waals surface area (Å²) in [4.78, 5) is 11.3. The van der Waals surface area contributed by atoms with Gasteiger partial charge >= 0.3 is 0 Å². The summed E-state index contributed by atoms with van der Waals surface area (Å²) in [5.41, 5.74) is 0. The topological polar surface area (TPSA) is 29.1 Å².